The van der Waals surface area contributed by atoms with E-state index in [4.69, 9.17) is 9.16 Å². The fourth-order valence-corrected chi connectivity index (χ4v) is 6.58. The van der Waals surface area contributed by atoms with Crippen molar-refractivity contribution in [3.8, 4) is 0 Å². The van der Waals surface area contributed by atoms with Crippen LogP contribution in [0.3, 0.4) is 0 Å². The predicted octanol–water partition coefficient (Wildman–Crippen LogP) is 5.66. The molecule has 0 radical (unpaired) electrons. The third-order valence-corrected chi connectivity index (χ3v) is 14.0. The van der Waals surface area contributed by atoms with Crippen molar-refractivity contribution in [1.29, 1.82) is 0 Å². The number of fused-ring (bicyclic) bond motifs is 2. The molecule has 2 N–H and O–H groups in total. The first-order valence-electron chi connectivity index (χ1n) is 13.1. The first-order chi connectivity index (χ1) is 16.2. The first kappa shape index (κ1) is 28.3. The van der Waals surface area contributed by atoms with Crippen LogP contribution in [0.1, 0.15) is 65.9 Å². The zero-order valence-corrected chi connectivity index (χ0v) is 23.8. The second-order valence-corrected chi connectivity index (χ2v) is 17.5. The molecule has 2 saturated carbocycles. The number of allylic oxidation sites excluding steroid dienone is 1. The molecule has 2 bridgehead atoms. The molecule has 0 spiro atoms. The van der Waals surface area contributed by atoms with Crippen LogP contribution in [0.4, 0.5) is 0 Å². The third kappa shape index (κ3) is 5.37. The zero-order valence-electron chi connectivity index (χ0n) is 22.8. The molecular formula is C29H46O5Si. The molecule has 5 nitrogen and oxygen atoms in total. The van der Waals surface area contributed by atoms with E-state index in [1.807, 2.05) is 36.4 Å². The molecule has 196 valence electrons. The van der Waals surface area contributed by atoms with Gasteiger partial charge in [-0.05, 0) is 54.3 Å². The summed E-state index contributed by atoms with van der Waals surface area (Å²) < 4.78 is 12.6. The topological polar surface area (TPSA) is 76.0 Å². The molecule has 35 heavy (non-hydrogen) atoms. The molecule has 1 aromatic carbocycles. The van der Waals surface area contributed by atoms with Gasteiger partial charge in [0.2, 0.25) is 0 Å². The Bertz CT molecular complexity index is 903. The molecular weight excluding hydrogens is 456 g/mol. The van der Waals surface area contributed by atoms with Crippen molar-refractivity contribution in [2.45, 2.75) is 96.7 Å². The third-order valence-electron chi connectivity index (χ3n) is 9.46. The molecule has 6 heteroatoms. The smallest absolute Gasteiger partial charge is 0.191 e. The summed E-state index contributed by atoms with van der Waals surface area (Å²) in [5.41, 5.74) is -1.07. The SMILES string of the molecule is CC1(C)C2CCC1(/C=C/[C@@](CO)(OCc1ccccc1)[C@H](O)CCO[Si](C)(C)C(C)(C)C)C(=O)C2. The molecule has 0 heterocycles. The van der Waals surface area contributed by atoms with Crippen molar-refractivity contribution in [2.24, 2.45) is 16.7 Å². The first-order valence-corrected chi connectivity index (χ1v) is 16.0. The van der Waals surface area contributed by atoms with Crippen LogP contribution in [0, 0.1) is 16.7 Å². The Morgan fingerprint density at radius 3 is 2.37 bits per heavy atom. The van der Waals surface area contributed by atoms with Gasteiger partial charge < -0.3 is 19.4 Å². The molecule has 1 aromatic rings. The Morgan fingerprint density at radius 2 is 1.86 bits per heavy atom. The fourth-order valence-electron chi connectivity index (χ4n) is 5.52. The van der Waals surface area contributed by atoms with Gasteiger partial charge in [-0.2, -0.15) is 0 Å². The van der Waals surface area contributed by atoms with Crippen LogP contribution >= 0.6 is 0 Å². The highest BCUT2D eigenvalue weighted by molar-refractivity contribution is 6.74. The Morgan fingerprint density at radius 1 is 1.20 bits per heavy atom. The van der Waals surface area contributed by atoms with E-state index in [0.717, 1.165) is 18.4 Å². The summed E-state index contributed by atoms with van der Waals surface area (Å²) in [4.78, 5) is 13.1. The standard InChI is InChI=1S/C29H46O5Si/c1-26(2,3)35(6,7)34-18-14-24(31)29(21-30,33-20-22-11-9-8-10-12-22)17-16-28-15-13-23(19-25(28)32)27(28,4)5/h8-12,16-17,23-24,30-31H,13-15,18-21H2,1-7H3/b17-16+/t23?,24-,28?,29+/m1/s1. The lowest BCUT2D eigenvalue weighted by molar-refractivity contribution is -0.131. The van der Waals surface area contributed by atoms with Gasteiger partial charge in [0.05, 0.1) is 24.7 Å². The molecule has 2 unspecified atom stereocenters. The number of benzene rings is 1. The lowest BCUT2D eigenvalue weighted by Crippen LogP contribution is -2.49. The fraction of sp³-hybridized carbons (Fsp3) is 0.690. The molecule has 3 rings (SSSR count). The number of hydrogen-bond acceptors (Lipinski definition) is 5. The monoisotopic (exact) mass is 502 g/mol. The lowest BCUT2D eigenvalue weighted by Gasteiger charge is -2.39. The van der Waals surface area contributed by atoms with Gasteiger partial charge in [-0.15, -0.1) is 0 Å². The Labute approximate surface area is 213 Å². The molecule has 0 saturated heterocycles. The van der Waals surface area contributed by atoms with Gasteiger partial charge in [-0.25, -0.2) is 0 Å². The van der Waals surface area contributed by atoms with E-state index in [2.05, 4.69) is 47.7 Å². The highest BCUT2D eigenvalue weighted by atomic mass is 28.4. The van der Waals surface area contributed by atoms with Gasteiger partial charge in [0.15, 0.2) is 8.32 Å². The van der Waals surface area contributed by atoms with Gasteiger partial charge in [-0.1, -0.05) is 77.1 Å². The minimum Gasteiger partial charge on any atom is -0.417 e. The number of rotatable bonds is 11. The van der Waals surface area contributed by atoms with Crippen molar-refractivity contribution in [1.82, 2.24) is 0 Å². The van der Waals surface area contributed by atoms with Crippen LogP contribution in [0.2, 0.25) is 18.1 Å². The molecule has 0 amide bonds. The quantitative estimate of drug-likeness (QED) is 0.302. The number of aliphatic hydroxyl groups is 2. The van der Waals surface area contributed by atoms with Gasteiger partial charge in [0.1, 0.15) is 11.4 Å². The molecule has 4 atom stereocenters. The van der Waals surface area contributed by atoms with Crippen LogP contribution in [-0.2, 0) is 20.6 Å². The largest absolute Gasteiger partial charge is 0.417 e. The summed E-state index contributed by atoms with van der Waals surface area (Å²) in [5, 5.41) is 22.1. The highest BCUT2D eigenvalue weighted by Gasteiger charge is 2.63. The Kier molecular flexibility index (Phi) is 8.25. The van der Waals surface area contributed by atoms with Crippen molar-refractivity contribution in [2.75, 3.05) is 13.2 Å². The summed E-state index contributed by atoms with van der Waals surface area (Å²) in [6.45, 7) is 15.5. The van der Waals surface area contributed by atoms with Gasteiger partial charge in [0.25, 0.3) is 0 Å². The molecule has 2 aliphatic carbocycles. The van der Waals surface area contributed by atoms with Crippen LogP contribution in [0.25, 0.3) is 0 Å². The van der Waals surface area contributed by atoms with E-state index in [1.54, 1.807) is 6.08 Å². The van der Waals surface area contributed by atoms with Crippen molar-refractivity contribution in [3.05, 3.63) is 48.0 Å². The second-order valence-electron chi connectivity index (χ2n) is 12.7. The second kappa shape index (κ2) is 10.2. The number of ether oxygens (including phenoxy) is 1. The van der Waals surface area contributed by atoms with E-state index in [0.29, 0.717) is 25.4 Å². The van der Waals surface area contributed by atoms with Crippen molar-refractivity contribution >= 4 is 14.1 Å². The molecule has 0 aromatic heterocycles. The van der Waals surface area contributed by atoms with Crippen LogP contribution in [0.15, 0.2) is 42.5 Å². The predicted molar refractivity (Wildman–Crippen MR) is 143 cm³/mol. The minimum atomic E-state index is -1.97. The van der Waals surface area contributed by atoms with E-state index in [9.17, 15) is 15.0 Å². The van der Waals surface area contributed by atoms with Gasteiger partial charge in [-0.3, -0.25) is 4.79 Å². The summed E-state index contributed by atoms with van der Waals surface area (Å²) in [7, 11) is -1.97. The van der Waals surface area contributed by atoms with Gasteiger partial charge in [0, 0.05) is 13.0 Å². The average molecular weight is 503 g/mol. The number of aliphatic hydroxyl groups excluding tert-OH is 2. The average Bonchev–Trinajstić information content (AvgIpc) is 3.14. The Hall–Kier alpha value is -1.31. The maximum Gasteiger partial charge on any atom is 0.191 e. The van der Waals surface area contributed by atoms with Crippen molar-refractivity contribution < 1.29 is 24.2 Å². The van der Waals surface area contributed by atoms with Crippen LogP contribution in [0.5, 0.6) is 0 Å². The summed E-state index contributed by atoms with van der Waals surface area (Å²) >= 11 is 0. The number of carbonyl (C=O) groups is 1. The number of carbonyl (C=O) groups excluding carboxylic acids is 1. The highest BCUT2D eigenvalue weighted by Crippen LogP contribution is 2.64. The summed E-state index contributed by atoms with van der Waals surface area (Å²) in [5.74, 6) is 0.650. The zero-order chi connectivity index (χ0) is 26.1. The molecule has 0 aliphatic heterocycles. The molecule has 2 fully saturated rings. The van der Waals surface area contributed by atoms with Crippen LogP contribution < -0.4 is 0 Å². The van der Waals surface area contributed by atoms with E-state index in [-0.39, 0.29) is 29.5 Å². The maximum absolute atomic E-state index is 13.1. The molecule has 2 aliphatic rings. The number of hydrogen-bond donors (Lipinski definition) is 2. The lowest BCUT2D eigenvalue weighted by atomic mass is 9.68. The van der Waals surface area contributed by atoms with Gasteiger partial charge >= 0.3 is 0 Å². The number of ketones is 1. The summed E-state index contributed by atoms with van der Waals surface area (Å²) in [6, 6.07) is 9.75. The Balaban J connectivity index is 1.85. The normalized spacial score (nSPS) is 26.9. The summed E-state index contributed by atoms with van der Waals surface area (Å²) in [6.07, 6.45) is 5.55. The number of Topliss-reactive ketones (excluding diaryl/α,β-unsaturated/α-hetero) is 1. The van der Waals surface area contributed by atoms with E-state index >= 15 is 0 Å². The van der Waals surface area contributed by atoms with E-state index in [1.165, 1.54) is 0 Å². The maximum atomic E-state index is 13.1. The minimum absolute atomic E-state index is 0.0717. The van der Waals surface area contributed by atoms with Crippen molar-refractivity contribution in [3.63, 3.8) is 0 Å². The van der Waals surface area contributed by atoms with E-state index < -0.39 is 25.4 Å². The van der Waals surface area contributed by atoms with Crippen LogP contribution in [-0.4, -0.2) is 49.2 Å².